The van der Waals surface area contributed by atoms with Gasteiger partial charge in [0.05, 0.1) is 5.69 Å². The number of aliphatic hydroxyl groups excluding tert-OH is 1. The Bertz CT molecular complexity index is 775. The van der Waals surface area contributed by atoms with Crippen molar-refractivity contribution in [3.8, 4) is 0 Å². The van der Waals surface area contributed by atoms with Gasteiger partial charge in [0.25, 0.3) is 10.0 Å². The van der Waals surface area contributed by atoms with Gasteiger partial charge in [-0.05, 0) is 36.8 Å². The zero-order chi connectivity index (χ0) is 14.5. The van der Waals surface area contributed by atoms with Crippen LogP contribution in [0.2, 0.25) is 0 Å². The largest absolute Gasteiger partial charge is 0.368 e. The van der Waals surface area contributed by atoms with Crippen molar-refractivity contribution in [1.82, 2.24) is 0 Å². The van der Waals surface area contributed by atoms with E-state index in [1.807, 2.05) is 0 Å². The van der Waals surface area contributed by atoms with Gasteiger partial charge in [0.1, 0.15) is 10.7 Å². The zero-order valence-electron chi connectivity index (χ0n) is 10.6. The highest BCUT2D eigenvalue weighted by molar-refractivity contribution is 7.93. The lowest BCUT2D eigenvalue weighted by molar-refractivity contribution is 0.192. The molecule has 0 fully saturated rings. The molecule has 0 radical (unpaired) electrons. The molecule has 2 aromatic carbocycles. The minimum Gasteiger partial charge on any atom is -0.368 e. The second-order valence-corrected chi connectivity index (χ2v) is 6.43. The SMILES string of the molecule is Cc1cc(F)c2c(c1)C(O)N(c1ccccc1)S2(=O)=O. The molecule has 1 aliphatic rings. The highest BCUT2D eigenvalue weighted by Gasteiger charge is 2.44. The lowest BCUT2D eigenvalue weighted by Gasteiger charge is -2.21. The predicted molar refractivity (Wildman–Crippen MR) is 72.2 cm³/mol. The summed E-state index contributed by atoms with van der Waals surface area (Å²) in [6.45, 7) is 1.65. The van der Waals surface area contributed by atoms with Crippen LogP contribution < -0.4 is 4.31 Å². The van der Waals surface area contributed by atoms with Crippen LogP contribution in [0.25, 0.3) is 0 Å². The molecule has 0 aromatic heterocycles. The van der Waals surface area contributed by atoms with Gasteiger partial charge in [0, 0.05) is 5.56 Å². The molecule has 1 heterocycles. The van der Waals surface area contributed by atoms with E-state index in [0.717, 1.165) is 10.4 Å². The first-order valence-corrected chi connectivity index (χ1v) is 7.44. The Morgan fingerprint density at radius 2 is 1.85 bits per heavy atom. The van der Waals surface area contributed by atoms with Crippen molar-refractivity contribution in [1.29, 1.82) is 0 Å². The van der Waals surface area contributed by atoms with Crippen molar-refractivity contribution >= 4 is 15.7 Å². The molecule has 0 saturated heterocycles. The lowest BCUT2D eigenvalue weighted by atomic mass is 10.1. The van der Waals surface area contributed by atoms with Gasteiger partial charge in [0.15, 0.2) is 6.23 Å². The van der Waals surface area contributed by atoms with Crippen molar-refractivity contribution in [2.24, 2.45) is 0 Å². The Morgan fingerprint density at radius 3 is 2.50 bits per heavy atom. The first kappa shape index (κ1) is 13.1. The van der Waals surface area contributed by atoms with E-state index >= 15 is 0 Å². The molecule has 0 amide bonds. The fourth-order valence-electron chi connectivity index (χ4n) is 2.43. The van der Waals surface area contributed by atoms with Crippen LogP contribution in [-0.2, 0) is 10.0 Å². The molecule has 1 unspecified atom stereocenters. The van der Waals surface area contributed by atoms with Crippen LogP contribution in [0.15, 0.2) is 47.4 Å². The number of benzene rings is 2. The van der Waals surface area contributed by atoms with Crippen LogP contribution in [0.5, 0.6) is 0 Å². The van der Waals surface area contributed by atoms with Crippen LogP contribution in [0.4, 0.5) is 10.1 Å². The maximum absolute atomic E-state index is 14.0. The number of rotatable bonds is 1. The fourth-order valence-corrected chi connectivity index (χ4v) is 4.17. The summed E-state index contributed by atoms with van der Waals surface area (Å²) in [6, 6.07) is 10.8. The van der Waals surface area contributed by atoms with Gasteiger partial charge in [-0.3, -0.25) is 0 Å². The van der Waals surface area contributed by atoms with E-state index in [1.54, 1.807) is 37.3 Å². The number of fused-ring (bicyclic) bond motifs is 1. The summed E-state index contributed by atoms with van der Waals surface area (Å²) in [7, 11) is -4.09. The molecule has 0 spiro atoms. The monoisotopic (exact) mass is 293 g/mol. The van der Waals surface area contributed by atoms with E-state index in [1.165, 1.54) is 6.07 Å². The molecular weight excluding hydrogens is 281 g/mol. The number of halogens is 1. The second-order valence-electron chi connectivity index (χ2n) is 4.68. The Kier molecular flexibility index (Phi) is 2.81. The Labute approximate surface area is 116 Å². The van der Waals surface area contributed by atoms with Gasteiger partial charge in [-0.25, -0.2) is 17.1 Å². The third-order valence-corrected chi connectivity index (χ3v) is 5.12. The minimum atomic E-state index is -4.09. The average molecular weight is 293 g/mol. The van der Waals surface area contributed by atoms with E-state index in [-0.39, 0.29) is 5.56 Å². The quantitative estimate of drug-likeness (QED) is 0.878. The molecule has 2 aromatic rings. The van der Waals surface area contributed by atoms with Crippen molar-refractivity contribution < 1.29 is 17.9 Å². The maximum Gasteiger partial charge on any atom is 0.270 e. The molecule has 104 valence electrons. The highest BCUT2D eigenvalue weighted by atomic mass is 32.2. The summed E-state index contributed by atoms with van der Waals surface area (Å²) >= 11 is 0. The van der Waals surface area contributed by atoms with Gasteiger partial charge in [-0.15, -0.1) is 0 Å². The summed E-state index contributed by atoms with van der Waals surface area (Å²) in [5.74, 6) is -0.836. The topological polar surface area (TPSA) is 57.6 Å². The Hall–Kier alpha value is -1.92. The van der Waals surface area contributed by atoms with E-state index in [9.17, 15) is 17.9 Å². The number of hydrogen-bond donors (Lipinski definition) is 1. The average Bonchev–Trinajstić information content (AvgIpc) is 2.57. The number of sulfonamides is 1. The molecule has 0 saturated carbocycles. The van der Waals surface area contributed by atoms with Gasteiger partial charge in [-0.1, -0.05) is 18.2 Å². The lowest BCUT2D eigenvalue weighted by Crippen LogP contribution is -2.28. The van der Waals surface area contributed by atoms with Crippen LogP contribution in [0, 0.1) is 12.7 Å². The van der Waals surface area contributed by atoms with Crippen molar-refractivity contribution in [3.63, 3.8) is 0 Å². The molecule has 1 aliphatic heterocycles. The number of aliphatic hydroxyl groups is 1. The Morgan fingerprint density at radius 1 is 1.20 bits per heavy atom. The predicted octanol–water partition coefficient (Wildman–Crippen LogP) is 2.33. The highest BCUT2D eigenvalue weighted by Crippen LogP contribution is 2.42. The standard InChI is InChI=1S/C14H12FNO3S/c1-9-7-11-13(12(15)8-9)20(18,19)16(14(11)17)10-5-3-2-4-6-10/h2-8,14,17H,1H3. The fraction of sp³-hybridized carbons (Fsp3) is 0.143. The zero-order valence-corrected chi connectivity index (χ0v) is 11.4. The van der Waals surface area contributed by atoms with Crippen LogP contribution in [-0.4, -0.2) is 13.5 Å². The summed E-state index contributed by atoms with van der Waals surface area (Å²) in [4.78, 5) is -0.445. The van der Waals surface area contributed by atoms with Crippen LogP contribution >= 0.6 is 0 Å². The number of aryl methyl sites for hydroxylation is 1. The first-order chi connectivity index (χ1) is 9.43. The summed E-state index contributed by atoms with van der Waals surface area (Å²) in [5, 5.41) is 10.3. The molecule has 3 rings (SSSR count). The molecule has 4 nitrogen and oxygen atoms in total. The summed E-state index contributed by atoms with van der Waals surface area (Å²) < 4.78 is 39.7. The molecular formula is C14H12FNO3S. The molecule has 1 atom stereocenters. The molecule has 1 N–H and O–H groups in total. The summed E-state index contributed by atoms with van der Waals surface area (Å²) in [5.41, 5.74) is 0.935. The van der Waals surface area contributed by atoms with E-state index in [2.05, 4.69) is 0 Å². The van der Waals surface area contributed by atoms with Crippen molar-refractivity contribution in [2.75, 3.05) is 4.31 Å². The smallest absolute Gasteiger partial charge is 0.270 e. The number of para-hydroxylation sites is 1. The van der Waals surface area contributed by atoms with Gasteiger partial charge >= 0.3 is 0 Å². The molecule has 0 bridgehead atoms. The third kappa shape index (κ3) is 1.72. The second kappa shape index (κ2) is 4.29. The van der Waals surface area contributed by atoms with Crippen LogP contribution in [0.1, 0.15) is 17.4 Å². The first-order valence-electron chi connectivity index (χ1n) is 6.00. The van der Waals surface area contributed by atoms with Gasteiger partial charge in [0.2, 0.25) is 0 Å². The molecule has 20 heavy (non-hydrogen) atoms. The van der Waals surface area contributed by atoms with E-state index < -0.39 is 27.0 Å². The maximum atomic E-state index is 14.0. The minimum absolute atomic E-state index is 0.0753. The van der Waals surface area contributed by atoms with Gasteiger partial charge in [-0.2, -0.15) is 0 Å². The third-order valence-electron chi connectivity index (χ3n) is 3.24. The number of hydrogen-bond acceptors (Lipinski definition) is 3. The van der Waals surface area contributed by atoms with Crippen molar-refractivity contribution in [2.45, 2.75) is 18.0 Å². The van der Waals surface area contributed by atoms with Crippen molar-refractivity contribution in [3.05, 3.63) is 59.4 Å². The number of nitrogens with zero attached hydrogens (tertiary/aromatic N) is 1. The van der Waals surface area contributed by atoms with E-state index in [4.69, 9.17) is 0 Å². The normalized spacial score (nSPS) is 19.9. The van der Waals surface area contributed by atoms with Crippen LogP contribution in [0.3, 0.4) is 0 Å². The summed E-state index contributed by atoms with van der Waals surface area (Å²) in [6.07, 6.45) is -1.41. The van der Waals surface area contributed by atoms with E-state index in [0.29, 0.717) is 11.3 Å². The van der Waals surface area contributed by atoms with Gasteiger partial charge < -0.3 is 5.11 Å². The molecule has 6 heteroatoms. The molecule has 0 aliphatic carbocycles. The Balaban J connectivity index is 2.27. The number of anilines is 1.